The summed E-state index contributed by atoms with van der Waals surface area (Å²) in [5.74, 6) is -0.594. The number of methoxy groups -OCH3 is 1. The summed E-state index contributed by atoms with van der Waals surface area (Å²) in [6.45, 7) is 4.78. The highest BCUT2D eigenvalue weighted by molar-refractivity contribution is 7.92. The number of nitrogens with zero attached hydrogens (tertiary/aromatic N) is 1. The smallest absolute Gasteiger partial charge is 0.350 e. The van der Waals surface area contributed by atoms with Gasteiger partial charge in [-0.2, -0.15) is 0 Å². The van der Waals surface area contributed by atoms with Gasteiger partial charge in [0.25, 0.3) is 0 Å². The molecule has 0 aliphatic carbocycles. The van der Waals surface area contributed by atoms with Crippen molar-refractivity contribution in [2.24, 2.45) is 0 Å². The Bertz CT molecular complexity index is 643. The molecule has 1 aromatic rings. The highest BCUT2D eigenvalue weighted by Crippen LogP contribution is 2.44. The van der Waals surface area contributed by atoms with Gasteiger partial charge in [0.15, 0.2) is 9.84 Å². The molecule has 1 saturated heterocycles. The van der Waals surface area contributed by atoms with Crippen molar-refractivity contribution in [1.29, 1.82) is 0 Å². The minimum atomic E-state index is -3.56. The maximum Gasteiger partial charge on any atom is 0.350 e. The van der Waals surface area contributed by atoms with E-state index in [0.29, 0.717) is 5.00 Å². The first-order chi connectivity index (χ1) is 9.80. The van der Waals surface area contributed by atoms with Crippen LogP contribution in [0.3, 0.4) is 0 Å². The molecule has 1 aliphatic heterocycles. The van der Waals surface area contributed by atoms with Gasteiger partial charge in [0.05, 0.1) is 18.0 Å². The van der Waals surface area contributed by atoms with E-state index in [1.807, 2.05) is 4.90 Å². The maximum atomic E-state index is 12.6. The lowest BCUT2D eigenvalue weighted by molar-refractivity contribution is 0.0607. The van der Waals surface area contributed by atoms with Crippen LogP contribution >= 0.6 is 11.3 Å². The van der Waals surface area contributed by atoms with Crippen LogP contribution in [0.15, 0.2) is 4.90 Å². The summed E-state index contributed by atoms with van der Waals surface area (Å²) in [7, 11) is -2.30. The molecule has 1 fully saturated rings. The van der Waals surface area contributed by atoms with Gasteiger partial charge in [-0.15, -0.1) is 11.3 Å². The minimum absolute atomic E-state index is 0.0162. The highest BCUT2D eigenvalue weighted by atomic mass is 32.2. The van der Waals surface area contributed by atoms with Gasteiger partial charge >= 0.3 is 5.97 Å². The van der Waals surface area contributed by atoms with Crippen LogP contribution in [0.4, 0.5) is 10.7 Å². The lowest BCUT2D eigenvalue weighted by Gasteiger charge is -2.18. The third-order valence-electron chi connectivity index (χ3n) is 3.55. The number of thiophene rings is 1. The minimum Gasteiger partial charge on any atom is -0.465 e. The summed E-state index contributed by atoms with van der Waals surface area (Å²) < 4.78 is 29.9. The standard InChI is InChI=1S/C13H20N2O4S2/c1-8(2)21(17,18)11-9(14)10(13(16)19-3)20-12(11)15-6-4-5-7-15/h8H,4-7,14H2,1-3H3. The highest BCUT2D eigenvalue weighted by Gasteiger charge is 2.34. The Labute approximate surface area is 128 Å². The van der Waals surface area contributed by atoms with Gasteiger partial charge < -0.3 is 15.4 Å². The number of rotatable bonds is 4. The Kier molecular flexibility index (Phi) is 4.48. The summed E-state index contributed by atoms with van der Waals surface area (Å²) in [4.78, 5) is 14.0. The monoisotopic (exact) mass is 332 g/mol. The van der Waals surface area contributed by atoms with Crippen molar-refractivity contribution in [3.63, 3.8) is 0 Å². The van der Waals surface area contributed by atoms with Gasteiger partial charge in [0, 0.05) is 13.1 Å². The Morgan fingerprint density at radius 3 is 2.38 bits per heavy atom. The van der Waals surface area contributed by atoms with E-state index < -0.39 is 21.1 Å². The molecule has 0 aromatic carbocycles. The number of nitrogens with two attached hydrogens (primary N) is 1. The number of sulfone groups is 1. The fourth-order valence-corrected chi connectivity index (χ4v) is 5.18. The van der Waals surface area contributed by atoms with Gasteiger partial charge in [-0.1, -0.05) is 0 Å². The number of hydrogen-bond donors (Lipinski definition) is 1. The first kappa shape index (κ1) is 16.1. The molecule has 2 heterocycles. The van der Waals surface area contributed by atoms with Gasteiger partial charge in [0.1, 0.15) is 14.8 Å². The van der Waals surface area contributed by atoms with Crippen molar-refractivity contribution in [1.82, 2.24) is 0 Å². The first-order valence-electron chi connectivity index (χ1n) is 6.80. The average molecular weight is 332 g/mol. The van der Waals surface area contributed by atoms with Crippen LogP contribution in [-0.4, -0.2) is 39.8 Å². The number of anilines is 2. The van der Waals surface area contributed by atoms with Crippen molar-refractivity contribution in [3.05, 3.63) is 4.88 Å². The quantitative estimate of drug-likeness (QED) is 0.847. The molecular weight excluding hydrogens is 312 g/mol. The van der Waals surface area contributed by atoms with Crippen LogP contribution in [0, 0.1) is 0 Å². The zero-order valence-corrected chi connectivity index (χ0v) is 14.0. The van der Waals surface area contributed by atoms with Crippen LogP contribution in [0.1, 0.15) is 36.4 Å². The van der Waals surface area contributed by atoms with E-state index in [0.717, 1.165) is 37.3 Å². The van der Waals surface area contributed by atoms with Crippen molar-refractivity contribution >= 4 is 37.8 Å². The molecule has 0 unspecified atom stereocenters. The molecule has 2 N–H and O–H groups in total. The molecular formula is C13H20N2O4S2. The van der Waals surface area contributed by atoms with E-state index in [4.69, 9.17) is 10.5 Å². The third kappa shape index (κ3) is 2.74. The molecule has 0 saturated carbocycles. The van der Waals surface area contributed by atoms with Gasteiger partial charge in [-0.05, 0) is 26.7 Å². The Hall–Kier alpha value is -1.28. The van der Waals surface area contributed by atoms with E-state index in [-0.39, 0.29) is 15.5 Å². The van der Waals surface area contributed by atoms with Crippen LogP contribution in [0.25, 0.3) is 0 Å². The van der Waals surface area contributed by atoms with Gasteiger partial charge in [0.2, 0.25) is 0 Å². The number of carbonyl (C=O) groups is 1. The fourth-order valence-electron chi connectivity index (χ4n) is 2.30. The average Bonchev–Trinajstić information content (AvgIpc) is 3.04. The zero-order valence-electron chi connectivity index (χ0n) is 12.4. The molecule has 1 aliphatic rings. The lowest BCUT2D eigenvalue weighted by Crippen LogP contribution is -2.22. The van der Waals surface area contributed by atoms with Crippen LogP contribution in [0.5, 0.6) is 0 Å². The van der Waals surface area contributed by atoms with Gasteiger partial charge in [-0.25, -0.2) is 13.2 Å². The third-order valence-corrected chi connectivity index (χ3v) is 7.15. The van der Waals surface area contributed by atoms with E-state index in [2.05, 4.69) is 0 Å². The molecule has 0 atom stereocenters. The molecule has 118 valence electrons. The second-order valence-electron chi connectivity index (χ2n) is 5.26. The Balaban J connectivity index is 2.65. The van der Waals surface area contributed by atoms with Crippen molar-refractivity contribution in [3.8, 4) is 0 Å². The largest absolute Gasteiger partial charge is 0.465 e. The summed E-state index contributed by atoms with van der Waals surface area (Å²) in [6.07, 6.45) is 2.01. The molecule has 0 radical (unpaired) electrons. The normalized spacial score (nSPS) is 15.7. The van der Waals surface area contributed by atoms with E-state index >= 15 is 0 Å². The molecule has 8 heteroatoms. The SMILES string of the molecule is COC(=O)c1sc(N2CCCC2)c(S(=O)(=O)C(C)C)c1N. The topological polar surface area (TPSA) is 89.7 Å². The molecule has 0 amide bonds. The maximum absolute atomic E-state index is 12.6. The Morgan fingerprint density at radius 2 is 1.90 bits per heavy atom. The molecule has 2 rings (SSSR count). The molecule has 6 nitrogen and oxygen atoms in total. The summed E-state index contributed by atoms with van der Waals surface area (Å²) in [6, 6.07) is 0. The van der Waals surface area contributed by atoms with E-state index in [9.17, 15) is 13.2 Å². The molecule has 1 aromatic heterocycles. The predicted molar refractivity (Wildman–Crippen MR) is 83.8 cm³/mol. The first-order valence-corrected chi connectivity index (χ1v) is 9.16. The lowest BCUT2D eigenvalue weighted by atomic mass is 10.4. The van der Waals surface area contributed by atoms with Crippen molar-refractivity contribution < 1.29 is 17.9 Å². The van der Waals surface area contributed by atoms with Crippen molar-refractivity contribution in [2.45, 2.75) is 36.8 Å². The Morgan fingerprint density at radius 1 is 1.33 bits per heavy atom. The fraction of sp³-hybridized carbons (Fsp3) is 0.615. The second kappa shape index (κ2) is 5.84. The second-order valence-corrected chi connectivity index (χ2v) is 8.70. The zero-order chi connectivity index (χ0) is 15.8. The summed E-state index contributed by atoms with van der Waals surface area (Å²) >= 11 is 1.11. The predicted octanol–water partition coefficient (Wildman–Crippen LogP) is 1.90. The number of ether oxygens (including phenoxy) is 1. The van der Waals surface area contributed by atoms with E-state index in [1.54, 1.807) is 13.8 Å². The number of hydrogen-bond acceptors (Lipinski definition) is 7. The number of carbonyl (C=O) groups excluding carboxylic acids is 1. The van der Waals surface area contributed by atoms with E-state index in [1.165, 1.54) is 7.11 Å². The van der Waals surface area contributed by atoms with Crippen LogP contribution in [-0.2, 0) is 14.6 Å². The van der Waals surface area contributed by atoms with Gasteiger partial charge in [-0.3, -0.25) is 0 Å². The van der Waals surface area contributed by atoms with Crippen LogP contribution in [0.2, 0.25) is 0 Å². The van der Waals surface area contributed by atoms with Crippen LogP contribution < -0.4 is 10.6 Å². The van der Waals surface area contributed by atoms with Crippen molar-refractivity contribution in [2.75, 3.05) is 30.8 Å². The molecule has 21 heavy (non-hydrogen) atoms. The molecule has 0 spiro atoms. The number of esters is 1. The number of nitrogen functional groups attached to an aromatic ring is 1. The molecule has 0 bridgehead atoms. The summed E-state index contributed by atoms with van der Waals surface area (Å²) in [5.41, 5.74) is 5.99. The summed E-state index contributed by atoms with van der Waals surface area (Å²) in [5, 5.41) is -0.0275.